The zero-order chi connectivity index (χ0) is 11.4. The van der Waals surface area contributed by atoms with Crippen LogP contribution in [-0.2, 0) is 13.1 Å². The van der Waals surface area contributed by atoms with Gasteiger partial charge in [-0.1, -0.05) is 0 Å². The summed E-state index contributed by atoms with van der Waals surface area (Å²) in [7, 11) is 0. The molecule has 2 rings (SSSR count). The predicted molar refractivity (Wildman–Crippen MR) is 62.8 cm³/mol. The number of hydrogen-bond donors (Lipinski definition) is 1. The van der Waals surface area contributed by atoms with Crippen LogP contribution in [0.5, 0.6) is 0 Å². The van der Waals surface area contributed by atoms with Gasteiger partial charge in [0.1, 0.15) is 12.2 Å². The van der Waals surface area contributed by atoms with Gasteiger partial charge < -0.3 is 5.73 Å². The average Bonchev–Trinajstić information content (AvgIpc) is 2.89. The molecule has 1 saturated heterocycles. The number of hydrogen-bond acceptors (Lipinski definition) is 4. The molecule has 1 fully saturated rings. The Morgan fingerprint density at radius 1 is 1.56 bits per heavy atom. The summed E-state index contributed by atoms with van der Waals surface area (Å²) in [6, 6.07) is 0. The molecular weight excluding hydrogens is 202 g/mol. The van der Waals surface area contributed by atoms with Gasteiger partial charge in [-0.15, -0.1) is 0 Å². The summed E-state index contributed by atoms with van der Waals surface area (Å²) < 4.78 is 1.97. The predicted octanol–water partition coefficient (Wildman–Crippen LogP) is 0.469. The lowest BCUT2D eigenvalue weighted by Crippen LogP contribution is -2.23. The topological polar surface area (TPSA) is 60.0 Å². The van der Waals surface area contributed by atoms with Crippen molar-refractivity contribution >= 4 is 0 Å². The maximum atomic E-state index is 5.59. The molecule has 5 nitrogen and oxygen atoms in total. The van der Waals surface area contributed by atoms with Gasteiger partial charge in [-0.3, -0.25) is 4.90 Å². The van der Waals surface area contributed by atoms with Crippen LogP contribution in [0.25, 0.3) is 0 Å². The van der Waals surface area contributed by atoms with Crippen molar-refractivity contribution in [1.82, 2.24) is 19.7 Å². The molecule has 1 aromatic rings. The fourth-order valence-corrected chi connectivity index (χ4v) is 2.40. The van der Waals surface area contributed by atoms with Crippen LogP contribution < -0.4 is 5.73 Å². The third kappa shape index (κ3) is 2.59. The number of nitrogens with two attached hydrogens (primary N) is 1. The standard InChI is InChI=1S/C11H21N5/c1-2-16-11(13-9-14-16)8-15-6-4-10(7-15)3-5-12/h9-10H,2-8,12H2,1H3. The van der Waals surface area contributed by atoms with Crippen LogP contribution in [-0.4, -0.2) is 39.3 Å². The molecule has 0 aromatic carbocycles. The average molecular weight is 223 g/mol. The summed E-state index contributed by atoms with van der Waals surface area (Å²) in [5, 5.41) is 4.19. The molecule has 0 spiro atoms. The number of aromatic nitrogens is 3. The maximum absolute atomic E-state index is 5.59. The first-order chi connectivity index (χ1) is 7.83. The Labute approximate surface area is 96.6 Å². The van der Waals surface area contributed by atoms with E-state index in [2.05, 4.69) is 21.9 Å². The van der Waals surface area contributed by atoms with Crippen LogP contribution in [0.2, 0.25) is 0 Å². The first-order valence-corrected chi connectivity index (χ1v) is 6.12. The van der Waals surface area contributed by atoms with Crippen LogP contribution >= 0.6 is 0 Å². The van der Waals surface area contributed by atoms with E-state index in [0.29, 0.717) is 0 Å². The van der Waals surface area contributed by atoms with Crippen molar-refractivity contribution in [3.05, 3.63) is 12.2 Å². The molecule has 1 aromatic heterocycles. The molecule has 0 saturated carbocycles. The van der Waals surface area contributed by atoms with E-state index in [1.807, 2.05) is 4.68 Å². The van der Waals surface area contributed by atoms with Gasteiger partial charge in [0.15, 0.2) is 0 Å². The minimum absolute atomic E-state index is 0.781. The molecular formula is C11H21N5. The van der Waals surface area contributed by atoms with Gasteiger partial charge in [-0.25, -0.2) is 9.67 Å². The molecule has 1 aliphatic rings. The summed E-state index contributed by atoms with van der Waals surface area (Å²) in [4.78, 5) is 6.76. The molecule has 0 bridgehead atoms. The number of rotatable bonds is 5. The lowest BCUT2D eigenvalue weighted by molar-refractivity contribution is 0.299. The van der Waals surface area contributed by atoms with Gasteiger partial charge in [-0.05, 0) is 38.8 Å². The van der Waals surface area contributed by atoms with Crippen molar-refractivity contribution in [2.24, 2.45) is 11.7 Å². The largest absolute Gasteiger partial charge is 0.330 e. The summed E-state index contributed by atoms with van der Waals surface area (Å²) in [5.41, 5.74) is 5.59. The molecule has 1 aliphatic heterocycles. The fraction of sp³-hybridized carbons (Fsp3) is 0.818. The monoisotopic (exact) mass is 223 g/mol. The van der Waals surface area contributed by atoms with Crippen molar-refractivity contribution in [1.29, 1.82) is 0 Å². The Morgan fingerprint density at radius 2 is 2.44 bits per heavy atom. The van der Waals surface area contributed by atoms with Gasteiger partial charge >= 0.3 is 0 Å². The zero-order valence-electron chi connectivity index (χ0n) is 9.97. The second-order valence-electron chi connectivity index (χ2n) is 4.46. The minimum Gasteiger partial charge on any atom is -0.330 e. The number of aryl methyl sites for hydroxylation is 1. The Balaban J connectivity index is 1.87. The van der Waals surface area contributed by atoms with Crippen molar-refractivity contribution in [2.45, 2.75) is 32.9 Å². The van der Waals surface area contributed by atoms with Crippen molar-refractivity contribution < 1.29 is 0 Å². The Bertz CT molecular complexity index is 322. The lowest BCUT2D eigenvalue weighted by atomic mass is 10.1. The molecule has 2 heterocycles. The Hall–Kier alpha value is -0.940. The third-order valence-electron chi connectivity index (χ3n) is 3.31. The lowest BCUT2D eigenvalue weighted by Gasteiger charge is -2.15. The van der Waals surface area contributed by atoms with E-state index in [1.54, 1.807) is 6.33 Å². The van der Waals surface area contributed by atoms with Crippen LogP contribution in [0.15, 0.2) is 6.33 Å². The van der Waals surface area contributed by atoms with Crippen molar-refractivity contribution in [2.75, 3.05) is 19.6 Å². The third-order valence-corrected chi connectivity index (χ3v) is 3.31. The molecule has 0 aliphatic carbocycles. The highest BCUT2D eigenvalue weighted by Gasteiger charge is 2.22. The van der Waals surface area contributed by atoms with Gasteiger partial charge in [0.2, 0.25) is 0 Å². The number of nitrogens with zero attached hydrogens (tertiary/aromatic N) is 4. The van der Waals surface area contributed by atoms with E-state index < -0.39 is 0 Å². The van der Waals surface area contributed by atoms with Crippen LogP contribution in [0.4, 0.5) is 0 Å². The SMILES string of the molecule is CCn1ncnc1CN1CCC(CCN)C1. The molecule has 90 valence electrons. The summed E-state index contributed by atoms with van der Waals surface area (Å²) in [5.74, 6) is 1.86. The highest BCUT2D eigenvalue weighted by atomic mass is 15.3. The zero-order valence-corrected chi connectivity index (χ0v) is 9.97. The second kappa shape index (κ2) is 5.41. The van der Waals surface area contributed by atoms with Crippen LogP contribution in [0.1, 0.15) is 25.6 Å². The van der Waals surface area contributed by atoms with Gasteiger partial charge in [0.25, 0.3) is 0 Å². The summed E-state index contributed by atoms with van der Waals surface area (Å²) in [6.07, 6.45) is 4.07. The molecule has 0 radical (unpaired) electrons. The van der Waals surface area contributed by atoms with E-state index in [9.17, 15) is 0 Å². The highest BCUT2D eigenvalue weighted by molar-refractivity contribution is 4.87. The molecule has 16 heavy (non-hydrogen) atoms. The fourth-order valence-electron chi connectivity index (χ4n) is 2.40. The van der Waals surface area contributed by atoms with Crippen LogP contribution in [0, 0.1) is 5.92 Å². The molecule has 5 heteroatoms. The maximum Gasteiger partial charge on any atom is 0.140 e. The normalized spacial score (nSPS) is 21.8. The molecule has 2 N–H and O–H groups in total. The Kier molecular flexibility index (Phi) is 3.90. The molecule has 1 atom stereocenters. The van der Waals surface area contributed by atoms with Crippen molar-refractivity contribution in [3.63, 3.8) is 0 Å². The second-order valence-corrected chi connectivity index (χ2v) is 4.46. The van der Waals surface area contributed by atoms with Crippen molar-refractivity contribution in [3.8, 4) is 0 Å². The van der Waals surface area contributed by atoms with E-state index in [0.717, 1.165) is 44.3 Å². The van der Waals surface area contributed by atoms with Gasteiger partial charge in [0, 0.05) is 13.1 Å². The smallest absolute Gasteiger partial charge is 0.140 e. The highest BCUT2D eigenvalue weighted by Crippen LogP contribution is 2.20. The number of likely N-dealkylation sites (tertiary alicyclic amines) is 1. The van der Waals surface area contributed by atoms with Gasteiger partial charge in [0.05, 0.1) is 6.54 Å². The molecule has 1 unspecified atom stereocenters. The van der Waals surface area contributed by atoms with E-state index in [-0.39, 0.29) is 0 Å². The Morgan fingerprint density at radius 3 is 3.19 bits per heavy atom. The first kappa shape index (κ1) is 11.5. The van der Waals surface area contributed by atoms with E-state index in [1.165, 1.54) is 13.0 Å². The van der Waals surface area contributed by atoms with Gasteiger partial charge in [-0.2, -0.15) is 5.10 Å². The quantitative estimate of drug-likeness (QED) is 0.788. The molecule has 0 amide bonds. The minimum atomic E-state index is 0.781. The van der Waals surface area contributed by atoms with E-state index in [4.69, 9.17) is 5.73 Å². The summed E-state index contributed by atoms with van der Waals surface area (Å²) >= 11 is 0. The summed E-state index contributed by atoms with van der Waals surface area (Å²) in [6.45, 7) is 7.06. The van der Waals surface area contributed by atoms with E-state index >= 15 is 0 Å². The van der Waals surface area contributed by atoms with Crippen LogP contribution in [0.3, 0.4) is 0 Å². The first-order valence-electron chi connectivity index (χ1n) is 6.12.